The average molecular weight is 281 g/mol. The Morgan fingerprint density at radius 2 is 2.05 bits per heavy atom. The molecule has 1 saturated heterocycles. The topological polar surface area (TPSA) is 112 Å². The van der Waals surface area contributed by atoms with E-state index in [1.165, 1.54) is 4.90 Å². The SMILES string of the molecule is O=C(O)C1CCCCN1C(=O)Cn1[nH]c(=O)ccc1=O. The van der Waals surface area contributed by atoms with Gasteiger partial charge >= 0.3 is 5.97 Å². The van der Waals surface area contributed by atoms with Gasteiger partial charge in [0, 0.05) is 18.7 Å². The second kappa shape index (κ2) is 5.72. The number of amides is 1. The number of carbonyl (C=O) groups is 2. The molecule has 1 amide bonds. The molecule has 1 aromatic heterocycles. The van der Waals surface area contributed by atoms with Crippen LogP contribution in [-0.4, -0.2) is 44.3 Å². The summed E-state index contributed by atoms with van der Waals surface area (Å²) in [6.45, 7) is -0.0136. The molecule has 108 valence electrons. The maximum Gasteiger partial charge on any atom is 0.326 e. The van der Waals surface area contributed by atoms with Crippen molar-refractivity contribution in [1.29, 1.82) is 0 Å². The highest BCUT2D eigenvalue weighted by atomic mass is 16.4. The van der Waals surface area contributed by atoms with Crippen LogP contribution in [0.2, 0.25) is 0 Å². The molecule has 2 rings (SSSR count). The molecule has 1 atom stereocenters. The molecule has 1 unspecified atom stereocenters. The van der Waals surface area contributed by atoms with Crippen molar-refractivity contribution in [2.45, 2.75) is 31.8 Å². The number of carboxylic acids is 1. The van der Waals surface area contributed by atoms with Crippen LogP contribution in [0.15, 0.2) is 21.7 Å². The lowest BCUT2D eigenvalue weighted by molar-refractivity contribution is -0.152. The van der Waals surface area contributed by atoms with Crippen LogP contribution in [0.3, 0.4) is 0 Å². The maximum atomic E-state index is 12.1. The third-order valence-electron chi connectivity index (χ3n) is 3.29. The van der Waals surface area contributed by atoms with E-state index in [0.29, 0.717) is 13.0 Å². The predicted octanol–water partition coefficient (Wildman–Crippen LogP) is -0.998. The first-order chi connectivity index (χ1) is 9.49. The number of aromatic amines is 1. The van der Waals surface area contributed by atoms with E-state index < -0.39 is 29.0 Å². The lowest BCUT2D eigenvalue weighted by atomic mass is 10.0. The number of carboxylic acid groups (broad SMARTS) is 1. The summed E-state index contributed by atoms with van der Waals surface area (Å²) in [6.07, 6.45) is 1.89. The quantitative estimate of drug-likeness (QED) is 0.738. The summed E-state index contributed by atoms with van der Waals surface area (Å²) in [5.41, 5.74) is -1.01. The van der Waals surface area contributed by atoms with E-state index >= 15 is 0 Å². The summed E-state index contributed by atoms with van der Waals surface area (Å²) in [5, 5.41) is 11.3. The van der Waals surface area contributed by atoms with Crippen molar-refractivity contribution in [3.63, 3.8) is 0 Å². The van der Waals surface area contributed by atoms with Crippen molar-refractivity contribution in [3.8, 4) is 0 Å². The van der Waals surface area contributed by atoms with Crippen LogP contribution in [0.1, 0.15) is 19.3 Å². The number of nitrogens with zero attached hydrogens (tertiary/aromatic N) is 2. The van der Waals surface area contributed by atoms with Gasteiger partial charge in [0.1, 0.15) is 12.6 Å². The third kappa shape index (κ3) is 2.95. The molecule has 0 aromatic carbocycles. The van der Waals surface area contributed by atoms with Gasteiger partial charge in [0.2, 0.25) is 5.91 Å². The van der Waals surface area contributed by atoms with Crippen LogP contribution in [0.5, 0.6) is 0 Å². The number of hydrogen-bond acceptors (Lipinski definition) is 4. The first-order valence-electron chi connectivity index (χ1n) is 6.31. The van der Waals surface area contributed by atoms with Gasteiger partial charge in [0.15, 0.2) is 0 Å². The van der Waals surface area contributed by atoms with Crippen molar-refractivity contribution in [2.24, 2.45) is 0 Å². The number of aromatic nitrogens is 2. The first kappa shape index (κ1) is 14.0. The highest BCUT2D eigenvalue weighted by Gasteiger charge is 2.31. The molecule has 0 aliphatic carbocycles. The number of aliphatic carboxylic acids is 1. The van der Waals surface area contributed by atoms with Gasteiger partial charge in [-0.25, -0.2) is 9.48 Å². The fourth-order valence-electron chi connectivity index (χ4n) is 2.29. The van der Waals surface area contributed by atoms with E-state index in [2.05, 4.69) is 5.10 Å². The van der Waals surface area contributed by atoms with E-state index in [-0.39, 0.29) is 6.54 Å². The molecule has 1 aromatic rings. The molecule has 0 spiro atoms. The van der Waals surface area contributed by atoms with Crippen LogP contribution in [0, 0.1) is 0 Å². The number of rotatable bonds is 3. The van der Waals surface area contributed by atoms with E-state index in [1.54, 1.807) is 0 Å². The second-order valence-electron chi connectivity index (χ2n) is 4.67. The Morgan fingerprint density at radius 1 is 1.30 bits per heavy atom. The molecule has 1 aliphatic rings. The number of likely N-dealkylation sites (tertiary alicyclic amines) is 1. The molecule has 2 N–H and O–H groups in total. The highest BCUT2D eigenvalue weighted by molar-refractivity contribution is 5.83. The van der Waals surface area contributed by atoms with Gasteiger partial charge in [0.05, 0.1) is 0 Å². The number of hydrogen-bond donors (Lipinski definition) is 2. The Labute approximate surface area is 113 Å². The van der Waals surface area contributed by atoms with E-state index in [1.807, 2.05) is 0 Å². The average Bonchev–Trinajstić information content (AvgIpc) is 2.42. The minimum Gasteiger partial charge on any atom is -0.480 e. The van der Waals surface area contributed by atoms with Gasteiger partial charge < -0.3 is 10.0 Å². The van der Waals surface area contributed by atoms with Crippen LogP contribution < -0.4 is 11.1 Å². The fourth-order valence-corrected chi connectivity index (χ4v) is 2.29. The molecule has 0 saturated carbocycles. The molecule has 8 heteroatoms. The zero-order valence-corrected chi connectivity index (χ0v) is 10.7. The number of nitrogens with one attached hydrogen (secondary N) is 1. The van der Waals surface area contributed by atoms with Crippen LogP contribution >= 0.6 is 0 Å². The summed E-state index contributed by atoms with van der Waals surface area (Å²) in [5.74, 6) is -1.53. The maximum absolute atomic E-state index is 12.1. The summed E-state index contributed by atoms with van der Waals surface area (Å²) < 4.78 is 0.887. The molecule has 0 bridgehead atoms. The number of piperidine rings is 1. The smallest absolute Gasteiger partial charge is 0.326 e. The van der Waals surface area contributed by atoms with Gasteiger partial charge in [-0.15, -0.1) is 0 Å². The lowest BCUT2D eigenvalue weighted by Gasteiger charge is -2.32. The van der Waals surface area contributed by atoms with Gasteiger partial charge in [-0.2, -0.15) is 0 Å². The largest absolute Gasteiger partial charge is 0.480 e. The fraction of sp³-hybridized carbons (Fsp3) is 0.500. The van der Waals surface area contributed by atoms with E-state index in [0.717, 1.165) is 29.7 Å². The minimum absolute atomic E-state index is 0.349. The van der Waals surface area contributed by atoms with Gasteiger partial charge in [0.25, 0.3) is 11.1 Å². The zero-order chi connectivity index (χ0) is 14.7. The van der Waals surface area contributed by atoms with Crippen molar-refractivity contribution in [1.82, 2.24) is 14.7 Å². The molecule has 1 aliphatic heterocycles. The van der Waals surface area contributed by atoms with E-state index in [4.69, 9.17) is 5.11 Å². The number of H-pyrrole nitrogens is 1. The Hall–Kier alpha value is -2.38. The van der Waals surface area contributed by atoms with Crippen molar-refractivity contribution >= 4 is 11.9 Å². The molecule has 2 heterocycles. The molecular formula is C12H15N3O5. The van der Waals surface area contributed by atoms with Gasteiger partial charge in [-0.05, 0) is 19.3 Å². The van der Waals surface area contributed by atoms with Crippen LogP contribution in [0.25, 0.3) is 0 Å². The first-order valence-corrected chi connectivity index (χ1v) is 6.31. The molecular weight excluding hydrogens is 266 g/mol. The minimum atomic E-state index is -1.05. The summed E-state index contributed by atoms with van der Waals surface area (Å²) >= 11 is 0. The second-order valence-corrected chi connectivity index (χ2v) is 4.67. The van der Waals surface area contributed by atoms with Crippen molar-refractivity contribution in [3.05, 3.63) is 32.8 Å². The van der Waals surface area contributed by atoms with Crippen LogP contribution in [-0.2, 0) is 16.1 Å². The Kier molecular flexibility index (Phi) is 4.02. The van der Waals surface area contributed by atoms with Gasteiger partial charge in [-0.3, -0.25) is 19.5 Å². The molecule has 20 heavy (non-hydrogen) atoms. The van der Waals surface area contributed by atoms with Gasteiger partial charge in [-0.1, -0.05) is 0 Å². The Bertz CT molecular complexity index is 632. The predicted molar refractivity (Wildman–Crippen MR) is 68.3 cm³/mol. The molecule has 8 nitrogen and oxygen atoms in total. The summed E-state index contributed by atoms with van der Waals surface area (Å²) in [6, 6.07) is 1.28. The number of carbonyl (C=O) groups excluding carboxylic acids is 1. The van der Waals surface area contributed by atoms with Crippen molar-refractivity contribution < 1.29 is 14.7 Å². The normalized spacial score (nSPS) is 18.8. The summed E-state index contributed by atoms with van der Waals surface area (Å²) in [7, 11) is 0. The Balaban J connectivity index is 2.18. The molecule has 1 fully saturated rings. The van der Waals surface area contributed by atoms with E-state index in [9.17, 15) is 19.2 Å². The molecule has 0 radical (unpaired) electrons. The monoisotopic (exact) mass is 281 g/mol. The van der Waals surface area contributed by atoms with Crippen LogP contribution in [0.4, 0.5) is 0 Å². The zero-order valence-electron chi connectivity index (χ0n) is 10.7. The van der Waals surface area contributed by atoms with Crippen molar-refractivity contribution in [2.75, 3.05) is 6.54 Å². The third-order valence-corrected chi connectivity index (χ3v) is 3.29. The lowest BCUT2D eigenvalue weighted by Crippen LogP contribution is -2.50. The standard InChI is InChI=1S/C12H15N3O5/c16-9-4-5-10(17)15(13-9)7-11(18)14-6-2-1-3-8(14)12(19)20/h4-5,8H,1-3,6-7H2,(H,13,16)(H,19,20). The Morgan fingerprint density at radius 3 is 2.75 bits per heavy atom. The summed E-state index contributed by atoms with van der Waals surface area (Å²) in [4.78, 5) is 47.2. The highest BCUT2D eigenvalue weighted by Crippen LogP contribution is 2.17.